The first kappa shape index (κ1) is 17.0. The number of hydrogen-bond acceptors (Lipinski definition) is 4. The van der Waals surface area contributed by atoms with Crippen molar-refractivity contribution in [2.24, 2.45) is 5.73 Å². The molecular weight excluding hydrogens is 298 g/mol. The van der Waals surface area contributed by atoms with Gasteiger partial charge in [0.2, 0.25) is 5.91 Å². The second-order valence-electron chi connectivity index (χ2n) is 5.70. The highest BCUT2D eigenvalue weighted by Gasteiger charge is 2.34. The van der Waals surface area contributed by atoms with Crippen LogP contribution in [0.3, 0.4) is 0 Å². The lowest BCUT2D eigenvalue weighted by atomic mass is 9.85. The number of carboxylic acids is 1. The van der Waals surface area contributed by atoms with Crippen LogP contribution in [0.2, 0.25) is 0 Å². The molecule has 0 radical (unpaired) electrons. The number of carbonyl (C=O) groups excluding carboxylic acids is 2. The van der Waals surface area contributed by atoms with E-state index in [2.05, 4.69) is 5.32 Å². The molecule has 1 saturated carbocycles. The monoisotopic (exact) mass is 319 g/mol. The van der Waals surface area contributed by atoms with Crippen LogP contribution in [0.25, 0.3) is 0 Å². The zero-order valence-corrected chi connectivity index (χ0v) is 13.0. The van der Waals surface area contributed by atoms with Gasteiger partial charge in [-0.15, -0.1) is 0 Å². The number of likely N-dealkylation sites (N-methyl/N-ethyl adjacent to an activating group) is 1. The number of nitrogens with one attached hydrogen (secondary N) is 1. The van der Waals surface area contributed by atoms with Crippen LogP contribution in [0.1, 0.15) is 40.5 Å². The number of carbonyl (C=O) groups is 3. The van der Waals surface area contributed by atoms with E-state index in [-0.39, 0.29) is 24.5 Å². The molecule has 7 heteroatoms. The van der Waals surface area contributed by atoms with Gasteiger partial charge >= 0.3 is 5.97 Å². The molecular formula is C16H21N3O4. The van der Waals surface area contributed by atoms with Gasteiger partial charge in [-0.1, -0.05) is 13.0 Å². The van der Waals surface area contributed by atoms with E-state index < -0.39 is 11.9 Å². The second-order valence-corrected chi connectivity index (χ2v) is 5.70. The largest absolute Gasteiger partial charge is 0.480 e. The first-order valence-electron chi connectivity index (χ1n) is 7.57. The quantitative estimate of drug-likeness (QED) is 0.675. The van der Waals surface area contributed by atoms with E-state index >= 15 is 0 Å². The molecule has 0 atom stereocenters. The predicted octanol–water partition coefficient (Wildman–Crippen LogP) is 0.453. The Morgan fingerprint density at radius 3 is 2.52 bits per heavy atom. The summed E-state index contributed by atoms with van der Waals surface area (Å²) in [7, 11) is 0. The Kier molecular flexibility index (Phi) is 5.33. The Morgan fingerprint density at radius 1 is 1.30 bits per heavy atom. The van der Waals surface area contributed by atoms with E-state index in [1.54, 1.807) is 18.2 Å². The summed E-state index contributed by atoms with van der Waals surface area (Å²) >= 11 is 0. The molecule has 0 heterocycles. The number of rotatable bonds is 7. The van der Waals surface area contributed by atoms with Crippen molar-refractivity contribution in [3.8, 4) is 0 Å². The van der Waals surface area contributed by atoms with Gasteiger partial charge in [-0.25, -0.2) is 0 Å². The highest BCUT2D eigenvalue weighted by Crippen LogP contribution is 2.25. The number of primary amides is 1. The van der Waals surface area contributed by atoms with Crippen LogP contribution in [-0.2, 0) is 4.79 Å². The van der Waals surface area contributed by atoms with Crippen LogP contribution in [0.4, 0.5) is 0 Å². The Bertz CT molecular complexity index is 611. The first-order chi connectivity index (χ1) is 10.9. The zero-order valence-electron chi connectivity index (χ0n) is 13.0. The van der Waals surface area contributed by atoms with E-state index in [9.17, 15) is 14.4 Å². The van der Waals surface area contributed by atoms with Crippen molar-refractivity contribution in [1.82, 2.24) is 10.2 Å². The summed E-state index contributed by atoms with van der Waals surface area (Å²) in [6.07, 6.45) is 1.45. The van der Waals surface area contributed by atoms with Crippen LogP contribution in [0, 0.1) is 0 Å². The van der Waals surface area contributed by atoms with Gasteiger partial charge in [0, 0.05) is 23.2 Å². The van der Waals surface area contributed by atoms with Crippen LogP contribution in [-0.4, -0.2) is 53.0 Å². The maximum absolute atomic E-state index is 12.2. The Morgan fingerprint density at radius 2 is 1.96 bits per heavy atom. The Hall–Kier alpha value is -2.41. The summed E-state index contributed by atoms with van der Waals surface area (Å²) in [5.41, 5.74) is 5.89. The van der Waals surface area contributed by atoms with E-state index in [0.29, 0.717) is 17.7 Å². The van der Waals surface area contributed by atoms with Crippen molar-refractivity contribution < 1.29 is 19.5 Å². The van der Waals surface area contributed by atoms with Crippen LogP contribution in [0.15, 0.2) is 24.3 Å². The summed E-state index contributed by atoms with van der Waals surface area (Å²) in [5.74, 6) is -1.67. The number of aliphatic carboxylic acids is 1. The van der Waals surface area contributed by atoms with E-state index in [0.717, 1.165) is 12.8 Å². The fourth-order valence-electron chi connectivity index (χ4n) is 2.76. The smallest absolute Gasteiger partial charge is 0.317 e. The third kappa shape index (κ3) is 4.29. The molecule has 0 aromatic heterocycles. The molecule has 0 unspecified atom stereocenters. The van der Waals surface area contributed by atoms with Crippen molar-refractivity contribution in [2.45, 2.75) is 31.8 Å². The topological polar surface area (TPSA) is 113 Å². The van der Waals surface area contributed by atoms with Gasteiger partial charge < -0.3 is 16.2 Å². The summed E-state index contributed by atoms with van der Waals surface area (Å²) in [4.78, 5) is 36.0. The average Bonchev–Trinajstić information content (AvgIpc) is 2.48. The summed E-state index contributed by atoms with van der Waals surface area (Å²) in [5, 5.41) is 11.8. The second kappa shape index (κ2) is 7.23. The van der Waals surface area contributed by atoms with Gasteiger partial charge in [0.1, 0.15) is 0 Å². The lowest BCUT2D eigenvalue weighted by Crippen LogP contribution is -2.54. The molecule has 2 amide bonds. The highest BCUT2D eigenvalue weighted by atomic mass is 16.4. The number of carboxylic acid groups (broad SMARTS) is 1. The van der Waals surface area contributed by atoms with Crippen LogP contribution in [0.5, 0.6) is 0 Å². The first-order valence-corrected chi connectivity index (χ1v) is 7.57. The molecule has 1 fully saturated rings. The molecule has 124 valence electrons. The lowest BCUT2D eigenvalue weighted by molar-refractivity contribution is -0.139. The molecule has 4 N–H and O–H groups in total. The maximum atomic E-state index is 12.2. The van der Waals surface area contributed by atoms with Crippen LogP contribution < -0.4 is 11.1 Å². The predicted molar refractivity (Wildman–Crippen MR) is 84.1 cm³/mol. The number of hydrogen-bond donors (Lipinski definition) is 3. The molecule has 0 bridgehead atoms. The summed E-state index contributed by atoms with van der Waals surface area (Å²) in [6, 6.07) is 6.47. The highest BCUT2D eigenvalue weighted by molar-refractivity contribution is 5.99. The third-order valence-electron chi connectivity index (χ3n) is 4.12. The minimum absolute atomic E-state index is 0.0164. The minimum Gasteiger partial charge on any atom is -0.480 e. The molecule has 0 spiro atoms. The van der Waals surface area contributed by atoms with Crippen LogP contribution >= 0.6 is 0 Å². The van der Waals surface area contributed by atoms with Crippen molar-refractivity contribution in [2.75, 3.05) is 13.1 Å². The van der Waals surface area contributed by atoms with Crippen molar-refractivity contribution in [3.63, 3.8) is 0 Å². The Balaban J connectivity index is 1.87. The molecule has 1 aromatic carbocycles. The standard InChI is InChI=1S/C16H21N3O4/c1-2-19(9-14(20)21)13-7-12(8-13)18-16(23)11-5-3-4-10(6-11)15(17)22/h3-6,12-13H,2,7-9H2,1H3,(H2,17,22)(H,18,23)(H,20,21). The van der Waals surface area contributed by atoms with Gasteiger partial charge in [0.05, 0.1) is 6.54 Å². The molecule has 1 aliphatic rings. The maximum Gasteiger partial charge on any atom is 0.317 e. The SMILES string of the molecule is CCN(CC(=O)O)C1CC(NC(=O)c2cccc(C(N)=O)c2)C1. The van der Waals surface area contributed by atoms with Gasteiger partial charge in [-0.3, -0.25) is 19.3 Å². The van der Waals surface area contributed by atoms with Crippen molar-refractivity contribution in [3.05, 3.63) is 35.4 Å². The van der Waals surface area contributed by atoms with E-state index in [4.69, 9.17) is 10.8 Å². The molecule has 23 heavy (non-hydrogen) atoms. The van der Waals surface area contributed by atoms with Gasteiger partial charge in [0.15, 0.2) is 0 Å². The van der Waals surface area contributed by atoms with E-state index in [1.165, 1.54) is 6.07 Å². The molecule has 0 saturated heterocycles. The zero-order chi connectivity index (χ0) is 17.0. The fourth-order valence-corrected chi connectivity index (χ4v) is 2.76. The molecule has 1 aliphatic carbocycles. The third-order valence-corrected chi connectivity index (χ3v) is 4.12. The number of amides is 2. The summed E-state index contributed by atoms with van der Waals surface area (Å²) in [6.45, 7) is 2.60. The normalized spacial score (nSPS) is 19.9. The lowest BCUT2D eigenvalue weighted by Gasteiger charge is -2.42. The Labute approximate surface area is 134 Å². The van der Waals surface area contributed by atoms with Gasteiger partial charge in [-0.2, -0.15) is 0 Å². The molecule has 2 rings (SSSR count). The summed E-state index contributed by atoms with van der Waals surface area (Å²) < 4.78 is 0. The van der Waals surface area contributed by atoms with E-state index in [1.807, 2.05) is 11.8 Å². The number of nitrogens with zero attached hydrogens (tertiary/aromatic N) is 1. The van der Waals surface area contributed by atoms with Crippen molar-refractivity contribution >= 4 is 17.8 Å². The minimum atomic E-state index is -0.845. The molecule has 0 aliphatic heterocycles. The molecule has 1 aromatic rings. The number of nitrogens with two attached hydrogens (primary N) is 1. The van der Waals surface area contributed by atoms with Gasteiger partial charge in [-0.05, 0) is 37.6 Å². The average molecular weight is 319 g/mol. The number of benzene rings is 1. The van der Waals surface area contributed by atoms with Gasteiger partial charge in [0.25, 0.3) is 5.91 Å². The van der Waals surface area contributed by atoms with Crippen molar-refractivity contribution in [1.29, 1.82) is 0 Å². The fraction of sp³-hybridized carbons (Fsp3) is 0.438. The molecule has 7 nitrogen and oxygen atoms in total.